The third-order valence-electron chi connectivity index (χ3n) is 5.54. The molecule has 2 atom stereocenters. The van der Waals surface area contributed by atoms with Crippen molar-refractivity contribution >= 4 is 35.0 Å². The number of piperazine rings is 1. The Hall–Kier alpha value is -3.18. The molecular formula is C25H33N5O2S. The van der Waals surface area contributed by atoms with Crippen LogP contribution in [0.15, 0.2) is 60.7 Å². The largest absolute Gasteiger partial charge is 0.383 e. The molecule has 33 heavy (non-hydrogen) atoms. The van der Waals surface area contributed by atoms with Crippen molar-refractivity contribution in [2.45, 2.75) is 12.2 Å². The van der Waals surface area contributed by atoms with Gasteiger partial charge < -0.3 is 20.4 Å². The highest BCUT2D eigenvalue weighted by Crippen LogP contribution is 2.21. The number of amides is 2. The predicted molar refractivity (Wildman–Crippen MR) is 136 cm³/mol. The summed E-state index contributed by atoms with van der Waals surface area (Å²) in [5, 5.41) is 15.4. The van der Waals surface area contributed by atoms with E-state index in [1.807, 2.05) is 55.5 Å². The number of thioether (sulfide) groups is 1. The lowest BCUT2D eigenvalue weighted by Crippen LogP contribution is -2.50. The second kappa shape index (κ2) is 12.8. The van der Waals surface area contributed by atoms with Crippen LogP contribution in [0, 0.1) is 17.2 Å². The fourth-order valence-corrected chi connectivity index (χ4v) is 4.78. The number of nitrogens with zero attached hydrogens (tertiary/aromatic N) is 3. The maximum Gasteiger partial charge on any atom is 0.240 e. The van der Waals surface area contributed by atoms with Gasteiger partial charge in [-0.15, -0.1) is 11.8 Å². The molecule has 3 rings (SSSR count). The maximum atomic E-state index is 13.0. The van der Waals surface area contributed by atoms with Gasteiger partial charge in [0.15, 0.2) is 0 Å². The Morgan fingerprint density at radius 1 is 1.06 bits per heavy atom. The standard InChI is InChI=1S/C25H31N5O2S.H2/c1-2-27-24(31)23(18-28-21-9-5-3-6-10-21)33-19-20(17-26)25(32)30-15-13-29(14-16-30)22-11-7-4-8-12-22;/h3-12,20,23,28H,2,13-16,18-19H2,1H3,(H,27,31);1H. The summed E-state index contributed by atoms with van der Waals surface area (Å²) in [5.74, 6) is -0.728. The maximum absolute atomic E-state index is 13.0. The Kier molecular flexibility index (Phi) is 9.45. The fraction of sp³-hybridized carbons (Fsp3) is 0.400. The van der Waals surface area contributed by atoms with Crippen LogP contribution < -0.4 is 15.5 Å². The second-order valence-electron chi connectivity index (χ2n) is 7.79. The molecule has 8 heteroatoms. The van der Waals surface area contributed by atoms with Gasteiger partial charge in [0.05, 0.1) is 6.07 Å². The predicted octanol–water partition coefficient (Wildman–Crippen LogP) is 3.07. The van der Waals surface area contributed by atoms with Crippen molar-refractivity contribution in [1.82, 2.24) is 10.2 Å². The molecule has 0 bridgehead atoms. The van der Waals surface area contributed by atoms with E-state index >= 15 is 0 Å². The number of hydrogen-bond donors (Lipinski definition) is 2. The molecule has 1 saturated heterocycles. The number of nitrogens with one attached hydrogen (secondary N) is 2. The first kappa shape index (κ1) is 24.5. The summed E-state index contributed by atoms with van der Waals surface area (Å²) in [6, 6.07) is 22.0. The van der Waals surface area contributed by atoms with Crippen LogP contribution in [0.4, 0.5) is 11.4 Å². The monoisotopic (exact) mass is 467 g/mol. The lowest BCUT2D eigenvalue weighted by molar-refractivity contribution is -0.133. The van der Waals surface area contributed by atoms with Gasteiger partial charge in [0, 0.05) is 57.8 Å². The van der Waals surface area contributed by atoms with Gasteiger partial charge >= 0.3 is 0 Å². The summed E-state index contributed by atoms with van der Waals surface area (Å²) in [6.45, 7) is 5.49. The SMILES string of the molecule is CCNC(=O)C(CNc1ccccc1)SCC(C#N)C(=O)N1CCN(c2ccccc2)CC1.[HH]. The minimum atomic E-state index is -0.771. The van der Waals surface area contributed by atoms with Crippen molar-refractivity contribution in [1.29, 1.82) is 5.26 Å². The van der Waals surface area contributed by atoms with Gasteiger partial charge in [-0.1, -0.05) is 36.4 Å². The molecule has 0 spiro atoms. The van der Waals surface area contributed by atoms with Crippen molar-refractivity contribution in [2.75, 3.05) is 55.2 Å². The summed E-state index contributed by atoms with van der Waals surface area (Å²) in [6.07, 6.45) is 0. The first-order chi connectivity index (χ1) is 16.1. The molecule has 0 aromatic heterocycles. The number of anilines is 2. The summed E-state index contributed by atoms with van der Waals surface area (Å²) >= 11 is 1.36. The van der Waals surface area contributed by atoms with E-state index < -0.39 is 11.2 Å². The van der Waals surface area contributed by atoms with E-state index in [0.29, 0.717) is 26.2 Å². The quantitative estimate of drug-likeness (QED) is 0.558. The average molecular weight is 468 g/mol. The zero-order valence-electron chi connectivity index (χ0n) is 18.9. The molecule has 0 aliphatic carbocycles. The highest BCUT2D eigenvalue weighted by atomic mass is 32.2. The smallest absolute Gasteiger partial charge is 0.240 e. The Morgan fingerprint density at radius 2 is 1.70 bits per heavy atom. The van der Waals surface area contributed by atoms with Gasteiger partial charge in [0.25, 0.3) is 0 Å². The first-order valence-corrected chi connectivity index (χ1v) is 12.3. The lowest BCUT2D eigenvalue weighted by Gasteiger charge is -2.36. The van der Waals surface area contributed by atoms with Crippen LogP contribution in [0.3, 0.4) is 0 Å². The van der Waals surface area contributed by atoms with Crippen LogP contribution in [0.5, 0.6) is 0 Å². The molecule has 1 fully saturated rings. The summed E-state index contributed by atoms with van der Waals surface area (Å²) in [5.41, 5.74) is 2.07. The number of rotatable bonds is 10. The molecule has 0 radical (unpaired) electrons. The molecule has 1 aliphatic rings. The zero-order valence-corrected chi connectivity index (χ0v) is 19.8. The zero-order chi connectivity index (χ0) is 23.5. The van der Waals surface area contributed by atoms with Gasteiger partial charge in [0.2, 0.25) is 11.8 Å². The minimum Gasteiger partial charge on any atom is -0.383 e. The molecular weight excluding hydrogens is 434 g/mol. The van der Waals surface area contributed by atoms with Crippen molar-refractivity contribution in [2.24, 2.45) is 5.92 Å². The average Bonchev–Trinajstić information content (AvgIpc) is 2.87. The number of hydrogen-bond acceptors (Lipinski definition) is 6. The molecule has 7 nitrogen and oxygen atoms in total. The van der Waals surface area contributed by atoms with E-state index in [1.165, 1.54) is 11.8 Å². The number of benzene rings is 2. The third-order valence-corrected chi connectivity index (χ3v) is 6.85. The highest BCUT2D eigenvalue weighted by Gasteiger charge is 2.29. The van der Waals surface area contributed by atoms with E-state index in [4.69, 9.17) is 0 Å². The third kappa shape index (κ3) is 7.16. The number of carbonyl (C=O) groups is 2. The van der Waals surface area contributed by atoms with Crippen LogP contribution in [-0.4, -0.2) is 67.0 Å². The summed E-state index contributed by atoms with van der Waals surface area (Å²) in [7, 11) is 0. The molecule has 2 amide bonds. The van der Waals surface area contributed by atoms with Crippen LogP contribution in [-0.2, 0) is 9.59 Å². The molecule has 1 aliphatic heterocycles. The molecule has 2 aromatic carbocycles. The van der Waals surface area contributed by atoms with Crippen LogP contribution in [0.1, 0.15) is 8.35 Å². The van der Waals surface area contributed by atoms with Crippen molar-refractivity contribution in [3.05, 3.63) is 60.7 Å². The van der Waals surface area contributed by atoms with Crippen LogP contribution in [0.2, 0.25) is 0 Å². The molecule has 0 saturated carbocycles. The molecule has 2 N–H and O–H groups in total. The second-order valence-corrected chi connectivity index (χ2v) is 9.03. The molecule has 2 aromatic rings. The van der Waals surface area contributed by atoms with Gasteiger partial charge in [0.1, 0.15) is 11.2 Å². The Balaban J connectivity index is 0.00000408. The highest BCUT2D eigenvalue weighted by molar-refractivity contribution is 8.00. The van der Waals surface area contributed by atoms with Gasteiger partial charge in [-0.2, -0.15) is 5.26 Å². The fourth-order valence-electron chi connectivity index (χ4n) is 3.70. The Bertz CT molecular complexity index is 933. The van der Waals surface area contributed by atoms with Gasteiger partial charge in [-0.05, 0) is 31.2 Å². The van der Waals surface area contributed by atoms with E-state index in [-0.39, 0.29) is 19.0 Å². The van der Waals surface area contributed by atoms with Crippen LogP contribution >= 0.6 is 11.8 Å². The van der Waals surface area contributed by atoms with E-state index in [1.54, 1.807) is 4.90 Å². The van der Waals surface area contributed by atoms with E-state index in [0.717, 1.165) is 24.5 Å². The summed E-state index contributed by atoms with van der Waals surface area (Å²) in [4.78, 5) is 29.6. The minimum absolute atomic E-state index is 0. The molecule has 2 unspecified atom stereocenters. The van der Waals surface area contributed by atoms with Crippen molar-refractivity contribution in [3.63, 3.8) is 0 Å². The molecule has 1 heterocycles. The van der Waals surface area contributed by atoms with E-state index in [9.17, 15) is 14.9 Å². The van der Waals surface area contributed by atoms with Gasteiger partial charge in [-0.25, -0.2) is 0 Å². The van der Waals surface area contributed by atoms with Crippen molar-refractivity contribution in [3.8, 4) is 6.07 Å². The van der Waals surface area contributed by atoms with Crippen molar-refractivity contribution < 1.29 is 11.0 Å². The Labute approximate surface area is 201 Å². The number of nitriles is 1. The topological polar surface area (TPSA) is 88.5 Å². The lowest BCUT2D eigenvalue weighted by atomic mass is 10.1. The molecule has 176 valence electrons. The van der Waals surface area contributed by atoms with Crippen LogP contribution in [0.25, 0.3) is 0 Å². The Morgan fingerprint density at radius 3 is 2.30 bits per heavy atom. The van der Waals surface area contributed by atoms with E-state index in [2.05, 4.69) is 33.7 Å². The van der Waals surface area contributed by atoms with Gasteiger partial charge in [-0.3, -0.25) is 9.59 Å². The summed E-state index contributed by atoms with van der Waals surface area (Å²) < 4.78 is 0. The normalized spacial score (nSPS) is 15.3. The first-order valence-electron chi connectivity index (χ1n) is 11.3. The number of para-hydroxylation sites is 2. The number of carbonyl (C=O) groups excluding carboxylic acids is 2.